The van der Waals surface area contributed by atoms with E-state index in [-0.39, 0.29) is 10.6 Å². The van der Waals surface area contributed by atoms with Crippen molar-refractivity contribution in [3.8, 4) is 0 Å². The summed E-state index contributed by atoms with van der Waals surface area (Å²) >= 11 is 0. The third kappa shape index (κ3) is 4.60. The predicted molar refractivity (Wildman–Crippen MR) is 106 cm³/mol. The van der Waals surface area contributed by atoms with E-state index in [1.54, 1.807) is 6.92 Å². The van der Waals surface area contributed by atoms with Gasteiger partial charge in [-0.1, -0.05) is 37.6 Å². The summed E-state index contributed by atoms with van der Waals surface area (Å²) in [7, 11) is -2.57. The molecule has 2 aromatic rings. The zero-order chi connectivity index (χ0) is 21.1. The first-order valence-corrected chi connectivity index (χ1v) is 10.4. The Labute approximate surface area is 165 Å². The minimum absolute atomic E-state index is 0.0502. The summed E-state index contributed by atoms with van der Waals surface area (Å²) < 4.78 is 28.8. The molecule has 9 heteroatoms. The van der Waals surface area contributed by atoms with E-state index in [1.807, 2.05) is 24.3 Å². The molecule has 0 aliphatic heterocycles. The highest BCUT2D eigenvalue weighted by molar-refractivity contribution is 7.89. The number of aryl methyl sites for hydroxylation is 2. The molecule has 0 fully saturated rings. The van der Waals surface area contributed by atoms with Crippen LogP contribution in [0.3, 0.4) is 0 Å². The highest BCUT2D eigenvalue weighted by Crippen LogP contribution is 2.28. The van der Waals surface area contributed by atoms with E-state index in [0.717, 1.165) is 28.3 Å². The van der Waals surface area contributed by atoms with Gasteiger partial charge in [0.15, 0.2) is 0 Å². The summed E-state index contributed by atoms with van der Waals surface area (Å²) in [4.78, 5) is 22.9. The van der Waals surface area contributed by atoms with E-state index < -0.39 is 34.4 Å². The summed E-state index contributed by atoms with van der Waals surface area (Å²) in [6, 6.07) is 8.14. The van der Waals surface area contributed by atoms with Crippen molar-refractivity contribution in [1.82, 2.24) is 8.87 Å². The van der Waals surface area contributed by atoms with Crippen LogP contribution < -0.4 is 11.5 Å². The van der Waals surface area contributed by atoms with Gasteiger partial charge in [0.05, 0.1) is 6.54 Å². The van der Waals surface area contributed by atoms with Crippen LogP contribution in [0.25, 0.3) is 0 Å². The van der Waals surface area contributed by atoms with Crippen LogP contribution in [0.1, 0.15) is 47.9 Å². The molecule has 0 spiro atoms. The predicted octanol–water partition coefficient (Wildman–Crippen LogP) is 1.31. The molecule has 0 aliphatic rings. The zero-order valence-electron chi connectivity index (χ0n) is 16.3. The number of hydrogen-bond donors (Lipinski definition) is 2. The van der Waals surface area contributed by atoms with E-state index in [2.05, 4.69) is 6.92 Å². The third-order valence-corrected chi connectivity index (χ3v) is 6.47. The first kappa shape index (κ1) is 21.6. The molecule has 0 aliphatic carbocycles. The average molecular weight is 407 g/mol. The number of nitrogens with two attached hydrogens (primary N) is 2. The molecule has 0 bridgehead atoms. The van der Waals surface area contributed by atoms with Gasteiger partial charge in [0.1, 0.15) is 10.6 Å². The quantitative estimate of drug-likeness (QED) is 0.650. The molecule has 1 heterocycles. The molecule has 1 aromatic carbocycles. The number of aromatic nitrogens is 1. The summed E-state index contributed by atoms with van der Waals surface area (Å²) in [6.45, 7) is 3.28. The van der Waals surface area contributed by atoms with Gasteiger partial charge in [-0.2, -0.15) is 4.31 Å². The molecule has 0 unspecified atom stereocenters. The zero-order valence-corrected chi connectivity index (χ0v) is 17.1. The van der Waals surface area contributed by atoms with Crippen LogP contribution in [0, 0.1) is 0 Å². The number of carbonyl (C=O) groups is 2. The van der Waals surface area contributed by atoms with Crippen molar-refractivity contribution in [3.63, 3.8) is 0 Å². The lowest BCUT2D eigenvalue weighted by atomic mass is 10.0. The Kier molecular flexibility index (Phi) is 6.63. The first-order valence-electron chi connectivity index (χ1n) is 8.93. The van der Waals surface area contributed by atoms with Gasteiger partial charge in [0, 0.05) is 19.3 Å². The minimum atomic E-state index is -4.10. The third-order valence-electron chi connectivity index (χ3n) is 4.58. The average Bonchev–Trinajstić information content (AvgIpc) is 3.03. The van der Waals surface area contributed by atoms with Crippen molar-refractivity contribution in [2.45, 2.75) is 37.6 Å². The van der Waals surface area contributed by atoms with Gasteiger partial charge in [-0.3, -0.25) is 9.59 Å². The number of amides is 2. The molecule has 28 heavy (non-hydrogen) atoms. The van der Waals surface area contributed by atoms with E-state index in [4.69, 9.17) is 11.5 Å². The Morgan fingerprint density at radius 2 is 1.79 bits per heavy atom. The van der Waals surface area contributed by atoms with Crippen molar-refractivity contribution in [3.05, 3.63) is 53.3 Å². The van der Waals surface area contributed by atoms with Gasteiger partial charge in [-0.05, 0) is 30.5 Å². The van der Waals surface area contributed by atoms with Crippen molar-refractivity contribution in [2.24, 2.45) is 18.5 Å². The topological polar surface area (TPSA) is 128 Å². The highest BCUT2D eigenvalue weighted by atomic mass is 32.2. The fourth-order valence-electron chi connectivity index (χ4n) is 3.06. The van der Waals surface area contributed by atoms with Crippen molar-refractivity contribution in [1.29, 1.82) is 0 Å². The van der Waals surface area contributed by atoms with E-state index >= 15 is 0 Å². The Morgan fingerprint density at radius 1 is 1.18 bits per heavy atom. The molecular weight excluding hydrogens is 380 g/mol. The van der Waals surface area contributed by atoms with Crippen LogP contribution in [0.4, 0.5) is 0 Å². The molecule has 0 saturated heterocycles. The largest absolute Gasteiger partial charge is 0.369 e. The highest BCUT2D eigenvalue weighted by Gasteiger charge is 2.32. The van der Waals surface area contributed by atoms with E-state index in [1.165, 1.54) is 23.9 Å². The smallest absolute Gasteiger partial charge is 0.265 e. The Balaban J connectivity index is 2.45. The Bertz CT molecular complexity index is 964. The van der Waals surface area contributed by atoms with Gasteiger partial charge in [0.2, 0.25) is 15.9 Å². The van der Waals surface area contributed by atoms with Crippen LogP contribution in [-0.2, 0) is 28.3 Å². The van der Waals surface area contributed by atoms with Crippen LogP contribution in [0.15, 0.2) is 41.4 Å². The molecular formula is C19H26N4O4S. The van der Waals surface area contributed by atoms with Gasteiger partial charge >= 0.3 is 0 Å². The molecule has 0 saturated carbocycles. The van der Waals surface area contributed by atoms with Crippen molar-refractivity contribution < 1.29 is 18.0 Å². The normalized spacial score (nSPS) is 12.9. The SMILES string of the molecule is CCCc1ccc([C@@H](C)N(CC(N)=O)S(=O)(=O)c2cc(C(N)=O)n(C)c2)cc1. The second-order valence-electron chi connectivity index (χ2n) is 6.72. The summed E-state index contributed by atoms with van der Waals surface area (Å²) in [5.74, 6) is -1.52. The summed E-state index contributed by atoms with van der Waals surface area (Å²) in [5, 5.41) is 0. The number of benzene rings is 1. The molecule has 1 aromatic heterocycles. The second kappa shape index (κ2) is 8.57. The molecule has 8 nitrogen and oxygen atoms in total. The van der Waals surface area contributed by atoms with Crippen molar-refractivity contribution in [2.75, 3.05) is 6.54 Å². The molecule has 2 rings (SSSR count). The van der Waals surface area contributed by atoms with Crippen LogP contribution in [0.2, 0.25) is 0 Å². The molecule has 152 valence electrons. The fourth-order valence-corrected chi connectivity index (χ4v) is 4.71. The molecule has 4 N–H and O–H groups in total. The lowest BCUT2D eigenvalue weighted by molar-refractivity contribution is -0.118. The molecule has 2 amide bonds. The molecule has 1 atom stereocenters. The van der Waals surface area contributed by atoms with Crippen LogP contribution >= 0.6 is 0 Å². The number of primary amides is 2. The second-order valence-corrected chi connectivity index (χ2v) is 8.61. The maximum Gasteiger partial charge on any atom is 0.265 e. The van der Waals surface area contributed by atoms with Gasteiger partial charge in [0.25, 0.3) is 5.91 Å². The summed E-state index contributed by atoms with van der Waals surface area (Å²) in [5.41, 5.74) is 12.5. The van der Waals surface area contributed by atoms with Crippen molar-refractivity contribution >= 4 is 21.8 Å². The standard InChI is InChI=1S/C19H26N4O4S/c1-4-5-14-6-8-15(9-7-14)13(2)23(12-18(20)24)28(26,27)16-10-17(19(21)25)22(3)11-16/h6-11,13H,4-5,12H2,1-3H3,(H2,20,24)(H2,21,25)/t13-/m1/s1. The Morgan fingerprint density at radius 3 is 2.25 bits per heavy atom. The maximum atomic E-state index is 13.2. The van der Waals surface area contributed by atoms with Crippen LogP contribution in [-0.4, -0.2) is 35.6 Å². The fraction of sp³-hybridized carbons (Fsp3) is 0.368. The van der Waals surface area contributed by atoms with Gasteiger partial charge in [-0.15, -0.1) is 0 Å². The Hall–Kier alpha value is -2.65. The van der Waals surface area contributed by atoms with E-state index in [9.17, 15) is 18.0 Å². The first-order chi connectivity index (χ1) is 13.1. The lowest BCUT2D eigenvalue weighted by Crippen LogP contribution is -2.40. The van der Waals surface area contributed by atoms with Gasteiger partial charge < -0.3 is 16.0 Å². The lowest BCUT2D eigenvalue weighted by Gasteiger charge is -2.27. The number of hydrogen-bond acceptors (Lipinski definition) is 4. The van der Waals surface area contributed by atoms with Gasteiger partial charge in [-0.25, -0.2) is 8.42 Å². The van der Waals surface area contributed by atoms with Crippen LogP contribution in [0.5, 0.6) is 0 Å². The number of carbonyl (C=O) groups excluding carboxylic acids is 2. The van der Waals surface area contributed by atoms with E-state index in [0.29, 0.717) is 0 Å². The minimum Gasteiger partial charge on any atom is -0.369 e. The monoisotopic (exact) mass is 406 g/mol. The molecule has 0 radical (unpaired) electrons. The summed E-state index contributed by atoms with van der Waals surface area (Å²) in [6.07, 6.45) is 3.23. The number of rotatable bonds is 9. The number of sulfonamides is 1. The maximum absolute atomic E-state index is 13.2. The number of nitrogens with zero attached hydrogens (tertiary/aromatic N) is 2.